The number of benzene rings is 1. The van der Waals surface area contributed by atoms with Gasteiger partial charge in [-0.2, -0.15) is 5.10 Å². The van der Waals surface area contributed by atoms with E-state index in [1.807, 2.05) is 20.9 Å². The van der Waals surface area contributed by atoms with E-state index in [0.29, 0.717) is 28.7 Å². The van der Waals surface area contributed by atoms with Crippen molar-refractivity contribution in [1.29, 1.82) is 0 Å². The minimum atomic E-state index is 0.477. The van der Waals surface area contributed by atoms with Crippen LogP contribution >= 0.6 is 0 Å². The molecule has 0 unspecified atom stereocenters. The van der Waals surface area contributed by atoms with Crippen molar-refractivity contribution in [3.63, 3.8) is 0 Å². The molecule has 0 aliphatic rings. The van der Waals surface area contributed by atoms with Crippen LogP contribution in [0.5, 0.6) is 23.0 Å². The van der Waals surface area contributed by atoms with Crippen LogP contribution in [0, 0.1) is 13.8 Å². The Labute approximate surface area is 118 Å². The molecule has 20 heavy (non-hydrogen) atoms. The molecule has 2 rings (SSSR count). The molecule has 0 aliphatic heterocycles. The van der Waals surface area contributed by atoms with E-state index >= 15 is 0 Å². The molecule has 0 fully saturated rings. The number of nitrogens with two attached hydrogens (primary N) is 1. The van der Waals surface area contributed by atoms with E-state index in [2.05, 4.69) is 5.10 Å². The summed E-state index contributed by atoms with van der Waals surface area (Å²) in [6.07, 6.45) is 0. The lowest BCUT2D eigenvalue weighted by Crippen LogP contribution is -1.98. The molecular weight excluding hydrogens is 258 g/mol. The zero-order valence-corrected chi connectivity index (χ0v) is 12.4. The summed E-state index contributed by atoms with van der Waals surface area (Å²) in [6.45, 7) is 3.82. The van der Waals surface area contributed by atoms with Crippen LogP contribution in [0.25, 0.3) is 0 Å². The molecule has 108 valence electrons. The molecule has 0 saturated carbocycles. The molecule has 0 saturated heterocycles. The minimum absolute atomic E-state index is 0.477. The number of anilines is 1. The zero-order chi connectivity index (χ0) is 14.9. The first-order valence-corrected chi connectivity index (χ1v) is 6.17. The molecule has 1 aromatic carbocycles. The molecule has 0 spiro atoms. The van der Waals surface area contributed by atoms with Crippen LogP contribution in [0.1, 0.15) is 11.4 Å². The van der Waals surface area contributed by atoms with Crippen molar-refractivity contribution in [3.05, 3.63) is 23.5 Å². The van der Waals surface area contributed by atoms with E-state index in [9.17, 15) is 0 Å². The first kappa shape index (κ1) is 14.0. The van der Waals surface area contributed by atoms with Gasteiger partial charge >= 0.3 is 0 Å². The van der Waals surface area contributed by atoms with E-state index in [1.54, 1.807) is 31.0 Å². The van der Waals surface area contributed by atoms with Gasteiger partial charge in [0.15, 0.2) is 23.0 Å². The van der Waals surface area contributed by atoms with Crippen molar-refractivity contribution >= 4 is 5.69 Å². The summed E-state index contributed by atoms with van der Waals surface area (Å²) in [6, 6.07) is 3.38. The van der Waals surface area contributed by atoms with Gasteiger partial charge in [-0.05, 0) is 13.8 Å². The first-order valence-electron chi connectivity index (χ1n) is 6.17. The van der Waals surface area contributed by atoms with Gasteiger partial charge in [0, 0.05) is 19.2 Å². The van der Waals surface area contributed by atoms with E-state index in [-0.39, 0.29) is 0 Å². The molecule has 0 radical (unpaired) electrons. The van der Waals surface area contributed by atoms with Gasteiger partial charge in [-0.1, -0.05) is 0 Å². The number of hydrogen-bond donors (Lipinski definition) is 1. The van der Waals surface area contributed by atoms with Gasteiger partial charge in [0.25, 0.3) is 0 Å². The summed E-state index contributed by atoms with van der Waals surface area (Å²) in [4.78, 5) is 0. The Hall–Kier alpha value is -2.37. The lowest BCUT2D eigenvalue weighted by atomic mass is 10.2. The maximum Gasteiger partial charge on any atom is 0.171 e. The molecule has 0 amide bonds. The molecule has 6 heteroatoms. The molecule has 1 heterocycles. The highest BCUT2D eigenvalue weighted by Crippen LogP contribution is 2.39. The predicted molar refractivity (Wildman–Crippen MR) is 76.7 cm³/mol. The predicted octanol–water partition coefficient (Wildman–Crippen LogP) is 2.43. The van der Waals surface area contributed by atoms with Crippen LogP contribution in [0.3, 0.4) is 0 Å². The van der Waals surface area contributed by atoms with Gasteiger partial charge < -0.3 is 19.9 Å². The summed E-state index contributed by atoms with van der Waals surface area (Å²) in [7, 11) is 5.00. The minimum Gasteiger partial charge on any atom is -0.493 e. The molecule has 2 aromatic rings. The number of aromatic nitrogens is 2. The van der Waals surface area contributed by atoms with Crippen LogP contribution in [0.4, 0.5) is 5.69 Å². The monoisotopic (exact) mass is 277 g/mol. The van der Waals surface area contributed by atoms with E-state index < -0.39 is 0 Å². The van der Waals surface area contributed by atoms with Crippen molar-refractivity contribution in [1.82, 2.24) is 9.78 Å². The van der Waals surface area contributed by atoms with Gasteiger partial charge in [0.05, 0.1) is 25.6 Å². The number of methoxy groups -OCH3 is 2. The molecule has 0 aliphatic carbocycles. The first-order chi connectivity index (χ1) is 9.47. The topological polar surface area (TPSA) is 71.5 Å². The second kappa shape index (κ2) is 5.32. The zero-order valence-electron chi connectivity index (χ0n) is 12.4. The average Bonchev–Trinajstić information content (AvgIpc) is 2.66. The number of ether oxygens (including phenoxy) is 3. The standard InChI is InChI=1S/C14H19N3O3/c1-8-14(9(2)17(3)16-8)20-11-7-13(19-5)12(18-4)6-10(11)15/h6-7H,15H2,1-5H3. The smallest absolute Gasteiger partial charge is 0.171 e. The number of nitrogens with zero attached hydrogens (tertiary/aromatic N) is 2. The van der Waals surface area contributed by atoms with E-state index in [0.717, 1.165) is 11.4 Å². The van der Waals surface area contributed by atoms with Crippen LogP contribution in [-0.4, -0.2) is 24.0 Å². The fraction of sp³-hybridized carbons (Fsp3) is 0.357. The van der Waals surface area contributed by atoms with Crippen molar-refractivity contribution < 1.29 is 14.2 Å². The summed E-state index contributed by atoms with van der Waals surface area (Å²) in [5.74, 6) is 2.35. The number of nitrogen functional groups attached to an aromatic ring is 1. The van der Waals surface area contributed by atoms with Gasteiger partial charge in [-0.25, -0.2) is 0 Å². The third-order valence-corrected chi connectivity index (χ3v) is 3.17. The maximum atomic E-state index is 5.99. The Morgan fingerprint density at radius 1 is 1.05 bits per heavy atom. The van der Waals surface area contributed by atoms with Crippen molar-refractivity contribution in [3.8, 4) is 23.0 Å². The Kier molecular flexibility index (Phi) is 3.74. The third-order valence-electron chi connectivity index (χ3n) is 3.17. The summed E-state index contributed by atoms with van der Waals surface area (Å²) < 4.78 is 18.1. The Bertz CT molecular complexity index is 635. The highest BCUT2D eigenvalue weighted by atomic mass is 16.5. The largest absolute Gasteiger partial charge is 0.493 e. The Balaban J connectivity index is 2.43. The van der Waals surface area contributed by atoms with Gasteiger partial charge in [0.2, 0.25) is 0 Å². The van der Waals surface area contributed by atoms with Gasteiger partial charge in [-0.15, -0.1) is 0 Å². The lowest BCUT2D eigenvalue weighted by molar-refractivity contribution is 0.352. The van der Waals surface area contributed by atoms with Crippen molar-refractivity contribution in [2.24, 2.45) is 7.05 Å². The summed E-state index contributed by atoms with van der Waals surface area (Å²) >= 11 is 0. The molecular formula is C14H19N3O3. The molecule has 6 nitrogen and oxygen atoms in total. The Morgan fingerprint density at radius 3 is 2.15 bits per heavy atom. The highest BCUT2D eigenvalue weighted by molar-refractivity contribution is 5.63. The Morgan fingerprint density at radius 2 is 1.65 bits per heavy atom. The van der Waals surface area contributed by atoms with Crippen LogP contribution in [-0.2, 0) is 7.05 Å². The SMILES string of the molecule is COc1cc(N)c(Oc2c(C)nn(C)c2C)cc1OC. The van der Waals surface area contributed by atoms with Crippen molar-refractivity contribution in [2.45, 2.75) is 13.8 Å². The normalized spacial score (nSPS) is 10.4. The second-order valence-electron chi connectivity index (χ2n) is 4.47. The second-order valence-corrected chi connectivity index (χ2v) is 4.47. The maximum absolute atomic E-state index is 5.99. The highest BCUT2D eigenvalue weighted by Gasteiger charge is 2.16. The molecule has 0 bridgehead atoms. The van der Waals surface area contributed by atoms with Gasteiger partial charge in [-0.3, -0.25) is 4.68 Å². The number of rotatable bonds is 4. The fourth-order valence-electron chi connectivity index (χ4n) is 1.98. The molecule has 2 N–H and O–H groups in total. The van der Waals surface area contributed by atoms with Crippen LogP contribution < -0.4 is 19.9 Å². The van der Waals surface area contributed by atoms with Gasteiger partial charge in [0.1, 0.15) is 5.69 Å². The molecule has 0 atom stereocenters. The number of hydrogen-bond acceptors (Lipinski definition) is 5. The summed E-state index contributed by atoms with van der Waals surface area (Å²) in [5, 5.41) is 4.31. The van der Waals surface area contributed by atoms with Crippen LogP contribution in [0.15, 0.2) is 12.1 Å². The average molecular weight is 277 g/mol. The fourth-order valence-corrected chi connectivity index (χ4v) is 1.98. The summed E-state index contributed by atoms with van der Waals surface area (Å²) in [5.41, 5.74) is 8.20. The van der Waals surface area contributed by atoms with Crippen LogP contribution in [0.2, 0.25) is 0 Å². The van der Waals surface area contributed by atoms with E-state index in [1.165, 1.54) is 0 Å². The lowest BCUT2D eigenvalue weighted by Gasteiger charge is -2.13. The van der Waals surface area contributed by atoms with E-state index in [4.69, 9.17) is 19.9 Å². The molecule has 1 aromatic heterocycles. The third kappa shape index (κ3) is 2.36. The van der Waals surface area contributed by atoms with Crippen molar-refractivity contribution in [2.75, 3.05) is 20.0 Å². The quantitative estimate of drug-likeness (QED) is 0.869. The number of aryl methyl sites for hydroxylation is 2.